The summed E-state index contributed by atoms with van der Waals surface area (Å²) in [6.07, 6.45) is 2.32. The highest BCUT2D eigenvalue weighted by Gasteiger charge is 2.07. The number of nitrogens with one attached hydrogen (secondary N) is 2. The molecule has 5 nitrogen and oxygen atoms in total. The summed E-state index contributed by atoms with van der Waals surface area (Å²) in [7, 11) is 0. The standard InChI is InChI=1S/C23H24N2O3/c1-2-5-17-8-10-18(11-9-17)14-22(26)24-25-23(27)16-28-21-13-12-19-6-3-4-7-20(19)15-21/h3-4,6-13,15H,2,5,14,16H2,1H3,(H,24,26)(H,25,27). The molecule has 0 saturated carbocycles. The number of ether oxygens (including phenoxy) is 1. The maximum absolute atomic E-state index is 12.0. The summed E-state index contributed by atoms with van der Waals surface area (Å²) in [5, 5.41) is 2.15. The number of hydrazine groups is 1. The summed E-state index contributed by atoms with van der Waals surface area (Å²) in [5.74, 6) is -0.0885. The quantitative estimate of drug-likeness (QED) is 0.620. The molecule has 28 heavy (non-hydrogen) atoms. The smallest absolute Gasteiger partial charge is 0.276 e. The second kappa shape index (κ2) is 9.55. The monoisotopic (exact) mass is 376 g/mol. The number of rotatable bonds is 7. The van der Waals surface area contributed by atoms with E-state index in [1.165, 1.54) is 5.56 Å². The first-order valence-electron chi connectivity index (χ1n) is 9.41. The number of hydrogen-bond donors (Lipinski definition) is 2. The van der Waals surface area contributed by atoms with E-state index in [9.17, 15) is 9.59 Å². The zero-order valence-electron chi connectivity index (χ0n) is 15.9. The average molecular weight is 376 g/mol. The molecule has 0 atom stereocenters. The first-order chi connectivity index (χ1) is 13.6. The van der Waals surface area contributed by atoms with Crippen molar-refractivity contribution >= 4 is 22.6 Å². The van der Waals surface area contributed by atoms with Crippen LogP contribution < -0.4 is 15.6 Å². The molecule has 0 saturated heterocycles. The summed E-state index contributed by atoms with van der Waals surface area (Å²) in [5.41, 5.74) is 6.95. The van der Waals surface area contributed by atoms with Crippen LogP contribution in [0.5, 0.6) is 5.75 Å². The predicted octanol–water partition coefficient (Wildman–Crippen LogP) is 3.56. The lowest BCUT2D eigenvalue weighted by molar-refractivity contribution is -0.129. The minimum atomic E-state index is -0.417. The summed E-state index contributed by atoms with van der Waals surface area (Å²) in [6, 6.07) is 21.5. The molecular formula is C23H24N2O3. The van der Waals surface area contributed by atoms with Crippen LogP contribution in [-0.4, -0.2) is 18.4 Å². The summed E-state index contributed by atoms with van der Waals surface area (Å²) < 4.78 is 5.50. The third-order valence-corrected chi connectivity index (χ3v) is 4.36. The Bertz CT molecular complexity index is 951. The van der Waals surface area contributed by atoms with Crippen LogP contribution in [0.1, 0.15) is 24.5 Å². The third kappa shape index (κ3) is 5.58. The molecule has 2 N–H and O–H groups in total. The van der Waals surface area contributed by atoms with Gasteiger partial charge in [0.05, 0.1) is 6.42 Å². The lowest BCUT2D eigenvalue weighted by Gasteiger charge is -2.10. The van der Waals surface area contributed by atoms with Gasteiger partial charge in [-0.25, -0.2) is 0 Å². The third-order valence-electron chi connectivity index (χ3n) is 4.36. The average Bonchev–Trinajstić information content (AvgIpc) is 2.72. The molecule has 0 aromatic heterocycles. The molecule has 0 aliphatic carbocycles. The van der Waals surface area contributed by atoms with Gasteiger partial charge in [-0.3, -0.25) is 20.4 Å². The van der Waals surface area contributed by atoms with Gasteiger partial charge in [-0.05, 0) is 40.5 Å². The van der Waals surface area contributed by atoms with Crippen LogP contribution in [0.2, 0.25) is 0 Å². The van der Waals surface area contributed by atoms with Crippen molar-refractivity contribution in [1.29, 1.82) is 0 Å². The molecular weight excluding hydrogens is 352 g/mol. The van der Waals surface area contributed by atoms with E-state index in [1.54, 1.807) is 0 Å². The van der Waals surface area contributed by atoms with Crippen LogP contribution in [0.15, 0.2) is 66.7 Å². The van der Waals surface area contributed by atoms with Crippen molar-refractivity contribution in [2.24, 2.45) is 0 Å². The van der Waals surface area contributed by atoms with Gasteiger partial charge >= 0.3 is 0 Å². The number of carbonyl (C=O) groups excluding carboxylic acids is 2. The number of fused-ring (bicyclic) bond motifs is 1. The van der Waals surface area contributed by atoms with E-state index in [0.29, 0.717) is 5.75 Å². The van der Waals surface area contributed by atoms with Gasteiger partial charge in [0.1, 0.15) is 5.75 Å². The number of hydrogen-bond acceptors (Lipinski definition) is 3. The van der Waals surface area contributed by atoms with Crippen molar-refractivity contribution in [3.63, 3.8) is 0 Å². The largest absolute Gasteiger partial charge is 0.484 e. The van der Waals surface area contributed by atoms with Crippen molar-refractivity contribution in [2.75, 3.05) is 6.61 Å². The Morgan fingerprint density at radius 2 is 1.50 bits per heavy atom. The fraction of sp³-hybridized carbons (Fsp3) is 0.217. The predicted molar refractivity (Wildman–Crippen MR) is 110 cm³/mol. The Balaban J connectivity index is 1.42. The summed E-state index contributed by atoms with van der Waals surface area (Å²) in [4.78, 5) is 23.9. The number of aryl methyl sites for hydroxylation is 1. The number of amides is 2. The van der Waals surface area contributed by atoms with Crippen molar-refractivity contribution in [2.45, 2.75) is 26.2 Å². The molecule has 0 fully saturated rings. The van der Waals surface area contributed by atoms with Gasteiger partial charge in [-0.15, -0.1) is 0 Å². The van der Waals surface area contributed by atoms with E-state index in [2.05, 4.69) is 17.8 Å². The fourth-order valence-electron chi connectivity index (χ4n) is 2.92. The molecule has 0 aliphatic rings. The number of carbonyl (C=O) groups is 2. The molecule has 0 aliphatic heterocycles. The van der Waals surface area contributed by atoms with E-state index < -0.39 is 5.91 Å². The van der Waals surface area contributed by atoms with E-state index >= 15 is 0 Å². The van der Waals surface area contributed by atoms with Crippen LogP contribution in [-0.2, 0) is 22.4 Å². The zero-order chi connectivity index (χ0) is 19.8. The van der Waals surface area contributed by atoms with E-state index in [4.69, 9.17) is 4.74 Å². The maximum atomic E-state index is 12.0. The molecule has 144 valence electrons. The van der Waals surface area contributed by atoms with Crippen LogP contribution >= 0.6 is 0 Å². The molecule has 0 bridgehead atoms. The van der Waals surface area contributed by atoms with Crippen LogP contribution in [0, 0.1) is 0 Å². The Morgan fingerprint density at radius 1 is 0.821 bits per heavy atom. The van der Waals surface area contributed by atoms with Gasteiger partial charge in [-0.2, -0.15) is 0 Å². The highest BCUT2D eigenvalue weighted by Crippen LogP contribution is 2.20. The van der Waals surface area contributed by atoms with Gasteiger partial charge < -0.3 is 4.74 Å². The van der Waals surface area contributed by atoms with Gasteiger partial charge in [0, 0.05) is 0 Å². The highest BCUT2D eigenvalue weighted by molar-refractivity contribution is 5.85. The van der Waals surface area contributed by atoms with Crippen molar-refractivity contribution < 1.29 is 14.3 Å². The number of benzene rings is 3. The maximum Gasteiger partial charge on any atom is 0.276 e. The van der Waals surface area contributed by atoms with Crippen molar-refractivity contribution in [3.8, 4) is 5.75 Å². The lowest BCUT2D eigenvalue weighted by atomic mass is 10.1. The molecule has 2 amide bonds. The molecule has 5 heteroatoms. The minimum absolute atomic E-state index is 0.176. The van der Waals surface area contributed by atoms with Crippen LogP contribution in [0.4, 0.5) is 0 Å². The molecule has 0 spiro atoms. The fourth-order valence-corrected chi connectivity index (χ4v) is 2.92. The normalized spacial score (nSPS) is 10.5. The molecule has 0 heterocycles. The zero-order valence-corrected chi connectivity index (χ0v) is 15.9. The van der Waals surface area contributed by atoms with Crippen molar-refractivity contribution in [1.82, 2.24) is 10.9 Å². The molecule has 0 unspecified atom stereocenters. The Kier molecular flexibility index (Phi) is 6.63. The van der Waals surface area contributed by atoms with E-state index in [-0.39, 0.29) is 18.9 Å². The van der Waals surface area contributed by atoms with Gasteiger partial charge in [0.2, 0.25) is 5.91 Å². The summed E-state index contributed by atoms with van der Waals surface area (Å²) >= 11 is 0. The molecule has 3 aromatic rings. The van der Waals surface area contributed by atoms with Gasteiger partial charge in [-0.1, -0.05) is 67.9 Å². The minimum Gasteiger partial charge on any atom is -0.484 e. The first-order valence-corrected chi connectivity index (χ1v) is 9.41. The Hall–Kier alpha value is -3.34. The Morgan fingerprint density at radius 3 is 2.25 bits per heavy atom. The van der Waals surface area contributed by atoms with Gasteiger partial charge in [0.15, 0.2) is 6.61 Å². The molecule has 0 radical (unpaired) electrons. The lowest BCUT2D eigenvalue weighted by Crippen LogP contribution is -2.44. The topological polar surface area (TPSA) is 67.4 Å². The van der Waals surface area contributed by atoms with Gasteiger partial charge in [0.25, 0.3) is 5.91 Å². The summed E-state index contributed by atoms with van der Waals surface area (Å²) in [6.45, 7) is 1.96. The molecule has 3 aromatic carbocycles. The second-order valence-corrected chi connectivity index (χ2v) is 6.64. The van der Waals surface area contributed by atoms with E-state index in [1.807, 2.05) is 66.7 Å². The van der Waals surface area contributed by atoms with Crippen molar-refractivity contribution in [3.05, 3.63) is 77.9 Å². The first kappa shape index (κ1) is 19.4. The van der Waals surface area contributed by atoms with E-state index in [0.717, 1.165) is 29.2 Å². The van der Waals surface area contributed by atoms with Crippen LogP contribution in [0.25, 0.3) is 10.8 Å². The highest BCUT2D eigenvalue weighted by atomic mass is 16.5. The van der Waals surface area contributed by atoms with Crippen LogP contribution in [0.3, 0.4) is 0 Å². The SMILES string of the molecule is CCCc1ccc(CC(=O)NNC(=O)COc2ccc3ccccc3c2)cc1. The Labute approximate surface area is 164 Å². The molecule has 3 rings (SSSR count). The second-order valence-electron chi connectivity index (χ2n) is 6.64.